The summed E-state index contributed by atoms with van der Waals surface area (Å²) in [5, 5.41) is 10.6. The van der Waals surface area contributed by atoms with Crippen molar-refractivity contribution < 1.29 is 47.8 Å². The zero-order chi connectivity index (χ0) is 39.9. The summed E-state index contributed by atoms with van der Waals surface area (Å²) in [6.07, 6.45) is 0.654. The zero-order valence-electron chi connectivity index (χ0n) is 32.3. The van der Waals surface area contributed by atoms with Gasteiger partial charge < -0.3 is 41.2 Å². The highest BCUT2D eigenvalue weighted by Crippen LogP contribution is 2.35. The summed E-state index contributed by atoms with van der Waals surface area (Å²) in [5.74, 6) is -3.12. The van der Waals surface area contributed by atoms with Crippen LogP contribution in [0.15, 0.2) is 24.3 Å². The molecule has 0 bridgehead atoms. The standard InChI is InChI=1S/C37H58N6O10/c1-23(2)30(42-28(44)22-52-19-18-51-17-16-43-29(45)20-26(33(43)48)36(3,4)5)32(47)41-27(10-9-15-39-35(38)50)31(46)40-25-13-11-24(12-14-25)21-53-34(49)37(6,7)8/h11-14,23,26-27,30H,9-10,15-22H2,1-8H3,(H,40,46)(H,41,47)(H,42,44)(H3,38,39,50)/t26?,27-,30-/m0/s1. The molecule has 2 rings (SSSR count). The second-order valence-electron chi connectivity index (χ2n) is 15.5. The van der Waals surface area contributed by atoms with E-state index in [0.717, 1.165) is 5.56 Å². The highest BCUT2D eigenvalue weighted by molar-refractivity contribution is 6.04. The predicted molar refractivity (Wildman–Crippen MR) is 196 cm³/mol. The molecule has 0 aliphatic carbocycles. The van der Waals surface area contributed by atoms with Crippen LogP contribution in [0.4, 0.5) is 10.5 Å². The van der Waals surface area contributed by atoms with Crippen LogP contribution in [0.3, 0.4) is 0 Å². The van der Waals surface area contributed by atoms with Gasteiger partial charge >= 0.3 is 12.0 Å². The number of rotatable bonds is 20. The number of hydrogen-bond acceptors (Lipinski definition) is 10. The molecule has 0 radical (unpaired) electrons. The molecule has 3 atom stereocenters. The largest absolute Gasteiger partial charge is 0.460 e. The van der Waals surface area contributed by atoms with Crippen LogP contribution >= 0.6 is 0 Å². The minimum absolute atomic E-state index is 0.0586. The van der Waals surface area contributed by atoms with E-state index in [2.05, 4.69) is 21.3 Å². The van der Waals surface area contributed by atoms with Crippen molar-refractivity contribution in [3.8, 4) is 0 Å². The number of ether oxygens (including phenoxy) is 3. The molecule has 1 fully saturated rings. The van der Waals surface area contributed by atoms with Crippen LogP contribution in [-0.2, 0) is 49.6 Å². The van der Waals surface area contributed by atoms with Gasteiger partial charge in [0.1, 0.15) is 25.3 Å². The molecule has 1 aromatic carbocycles. The first-order valence-electron chi connectivity index (χ1n) is 17.9. The first-order chi connectivity index (χ1) is 24.7. The molecule has 16 heteroatoms. The Hall–Kier alpha value is -4.57. The molecular weight excluding hydrogens is 688 g/mol. The van der Waals surface area contributed by atoms with Gasteiger partial charge in [0.15, 0.2) is 0 Å². The molecule has 6 N–H and O–H groups in total. The van der Waals surface area contributed by atoms with E-state index in [1.807, 2.05) is 20.8 Å². The molecule has 1 aliphatic rings. The molecule has 1 aromatic rings. The minimum atomic E-state index is -1.03. The minimum Gasteiger partial charge on any atom is -0.460 e. The molecule has 1 aliphatic heterocycles. The number of amides is 7. The summed E-state index contributed by atoms with van der Waals surface area (Å²) >= 11 is 0. The van der Waals surface area contributed by atoms with Gasteiger partial charge in [-0.2, -0.15) is 0 Å². The number of carbonyl (C=O) groups excluding carboxylic acids is 7. The maximum atomic E-state index is 13.4. The summed E-state index contributed by atoms with van der Waals surface area (Å²) in [6.45, 7) is 14.9. The van der Waals surface area contributed by atoms with Crippen molar-refractivity contribution in [3.05, 3.63) is 29.8 Å². The summed E-state index contributed by atoms with van der Waals surface area (Å²) in [4.78, 5) is 88.8. The summed E-state index contributed by atoms with van der Waals surface area (Å²) in [5.41, 5.74) is 5.36. The van der Waals surface area contributed by atoms with E-state index in [4.69, 9.17) is 19.9 Å². The first-order valence-corrected chi connectivity index (χ1v) is 17.9. The Morgan fingerprint density at radius 1 is 0.906 bits per heavy atom. The SMILES string of the molecule is CC(C)[C@H](NC(=O)COCCOCCN1C(=O)CC(C(C)(C)C)C1=O)C(=O)N[C@@H](CCCNC(N)=O)C(=O)Nc1ccc(COC(=O)C(C)(C)C)cc1. The molecule has 0 saturated carbocycles. The van der Waals surface area contributed by atoms with Crippen LogP contribution in [0.5, 0.6) is 0 Å². The van der Waals surface area contributed by atoms with Gasteiger partial charge in [-0.1, -0.05) is 46.8 Å². The molecule has 296 valence electrons. The highest BCUT2D eigenvalue weighted by Gasteiger charge is 2.44. The number of imide groups is 1. The maximum Gasteiger partial charge on any atom is 0.312 e. The quantitative estimate of drug-likeness (QED) is 0.0743. The van der Waals surface area contributed by atoms with Crippen LogP contribution in [0.2, 0.25) is 0 Å². The van der Waals surface area contributed by atoms with Crippen molar-refractivity contribution in [3.63, 3.8) is 0 Å². The Morgan fingerprint density at radius 2 is 1.55 bits per heavy atom. The van der Waals surface area contributed by atoms with Crippen LogP contribution in [-0.4, -0.2) is 98.0 Å². The van der Waals surface area contributed by atoms with Crippen molar-refractivity contribution in [2.75, 3.05) is 44.8 Å². The fourth-order valence-corrected chi connectivity index (χ4v) is 5.21. The fourth-order valence-electron chi connectivity index (χ4n) is 5.21. The number of nitrogens with two attached hydrogens (primary N) is 1. The van der Waals surface area contributed by atoms with E-state index in [1.54, 1.807) is 58.9 Å². The summed E-state index contributed by atoms with van der Waals surface area (Å²) in [6, 6.07) is 3.95. The molecule has 1 saturated heterocycles. The molecule has 7 amide bonds. The van der Waals surface area contributed by atoms with Crippen molar-refractivity contribution in [2.24, 2.45) is 28.4 Å². The number of nitrogens with zero attached hydrogens (tertiary/aromatic N) is 1. The Balaban J connectivity index is 1.88. The predicted octanol–water partition coefficient (Wildman–Crippen LogP) is 2.24. The number of carbonyl (C=O) groups is 7. The fraction of sp³-hybridized carbons (Fsp3) is 0.649. The first kappa shape index (κ1) is 44.6. The Kier molecular flexibility index (Phi) is 17.3. The second kappa shape index (κ2) is 20.6. The second-order valence-corrected chi connectivity index (χ2v) is 15.5. The highest BCUT2D eigenvalue weighted by atomic mass is 16.5. The molecular formula is C37H58N6O10. The smallest absolute Gasteiger partial charge is 0.312 e. The summed E-state index contributed by atoms with van der Waals surface area (Å²) < 4.78 is 16.2. The van der Waals surface area contributed by atoms with E-state index >= 15 is 0 Å². The number of esters is 1. The number of anilines is 1. The average Bonchev–Trinajstić information content (AvgIpc) is 3.36. The number of primary amides is 1. The zero-order valence-corrected chi connectivity index (χ0v) is 32.3. The van der Waals surface area contributed by atoms with Crippen molar-refractivity contribution in [1.82, 2.24) is 20.9 Å². The van der Waals surface area contributed by atoms with E-state index in [0.29, 0.717) is 12.1 Å². The summed E-state index contributed by atoms with van der Waals surface area (Å²) in [7, 11) is 0. The van der Waals surface area contributed by atoms with Crippen LogP contribution in [0, 0.1) is 22.7 Å². The third-order valence-electron chi connectivity index (χ3n) is 8.42. The van der Waals surface area contributed by atoms with Gasteiger partial charge in [-0.05, 0) is 62.6 Å². The van der Waals surface area contributed by atoms with Gasteiger partial charge in [0.05, 0.1) is 37.7 Å². The molecule has 53 heavy (non-hydrogen) atoms. The number of hydrogen-bond donors (Lipinski definition) is 5. The Bertz CT molecular complexity index is 1430. The van der Waals surface area contributed by atoms with Gasteiger partial charge in [0, 0.05) is 18.7 Å². The van der Waals surface area contributed by atoms with Crippen molar-refractivity contribution in [1.29, 1.82) is 0 Å². The van der Waals surface area contributed by atoms with E-state index in [-0.39, 0.29) is 94.0 Å². The van der Waals surface area contributed by atoms with Crippen molar-refractivity contribution in [2.45, 2.75) is 93.3 Å². The third-order valence-corrected chi connectivity index (χ3v) is 8.42. The lowest BCUT2D eigenvalue weighted by atomic mass is 9.80. The Morgan fingerprint density at radius 3 is 2.11 bits per heavy atom. The number of benzene rings is 1. The van der Waals surface area contributed by atoms with Crippen LogP contribution < -0.4 is 27.0 Å². The van der Waals surface area contributed by atoms with Gasteiger partial charge in [-0.15, -0.1) is 0 Å². The van der Waals surface area contributed by atoms with Gasteiger partial charge in [-0.25, -0.2) is 4.79 Å². The number of likely N-dealkylation sites (tertiary alicyclic amines) is 1. The molecule has 16 nitrogen and oxygen atoms in total. The third kappa shape index (κ3) is 15.5. The monoisotopic (exact) mass is 746 g/mol. The van der Waals surface area contributed by atoms with E-state index < -0.39 is 41.3 Å². The van der Waals surface area contributed by atoms with Crippen LogP contribution in [0.25, 0.3) is 0 Å². The number of nitrogens with one attached hydrogen (secondary N) is 4. The topological polar surface area (TPSA) is 225 Å². The molecule has 1 heterocycles. The lowest BCUT2D eigenvalue weighted by molar-refractivity contribution is -0.154. The van der Waals surface area contributed by atoms with Gasteiger partial charge in [-0.3, -0.25) is 33.7 Å². The number of urea groups is 1. The lowest BCUT2D eigenvalue weighted by Crippen LogP contribution is -2.55. The molecule has 0 aromatic heterocycles. The van der Waals surface area contributed by atoms with Crippen molar-refractivity contribution >= 4 is 47.2 Å². The lowest BCUT2D eigenvalue weighted by Gasteiger charge is -2.25. The van der Waals surface area contributed by atoms with E-state index in [1.165, 1.54) is 4.90 Å². The normalized spacial score (nSPS) is 15.9. The average molecular weight is 747 g/mol. The molecule has 0 spiro atoms. The van der Waals surface area contributed by atoms with Gasteiger partial charge in [0.2, 0.25) is 29.5 Å². The van der Waals surface area contributed by atoms with E-state index in [9.17, 15) is 33.6 Å². The Labute approximate surface area is 312 Å². The molecule has 1 unspecified atom stereocenters. The van der Waals surface area contributed by atoms with Crippen LogP contribution in [0.1, 0.15) is 80.2 Å². The maximum absolute atomic E-state index is 13.4. The van der Waals surface area contributed by atoms with Gasteiger partial charge in [0.25, 0.3) is 0 Å².